The first-order valence-electron chi connectivity index (χ1n) is 4.65. The van der Waals surface area contributed by atoms with Crippen LogP contribution in [0, 0.1) is 0 Å². The Morgan fingerprint density at radius 3 is 3.00 bits per heavy atom. The summed E-state index contributed by atoms with van der Waals surface area (Å²) < 4.78 is 1.66. The lowest BCUT2D eigenvalue weighted by molar-refractivity contribution is 0.299. The topological polar surface area (TPSA) is 77.0 Å². The number of hydrogen-bond donors (Lipinski definition) is 2. The zero-order chi connectivity index (χ0) is 10.7. The van der Waals surface area contributed by atoms with Gasteiger partial charge in [-0.15, -0.1) is 0 Å². The Labute approximate surface area is 87.2 Å². The van der Waals surface area contributed by atoms with Gasteiger partial charge in [0.25, 0.3) is 0 Å². The van der Waals surface area contributed by atoms with Gasteiger partial charge in [-0.1, -0.05) is 0 Å². The number of nitrogens with two attached hydrogens (primary N) is 1. The van der Waals surface area contributed by atoms with E-state index >= 15 is 0 Å². The Kier molecular flexibility index (Phi) is 2.64. The third-order valence-electron chi connectivity index (χ3n) is 2.12. The number of nitrogen functional groups attached to an aromatic ring is 1. The van der Waals surface area contributed by atoms with Gasteiger partial charge in [-0.25, -0.2) is 4.68 Å². The molecule has 0 fully saturated rings. The molecule has 5 heteroatoms. The smallest absolute Gasteiger partial charge is 0.106 e. The van der Waals surface area contributed by atoms with Gasteiger partial charge >= 0.3 is 0 Å². The second-order valence-corrected chi connectivity index (χ2v) is 3.20. The molecule has 0 aliphatic heterocycles. The van der Waals surface area contributed by atoms with Crippen molar-refractivity contribution in [3.63, 3.8) is 0 Å². The lowest BCUT2D eigenvalue weighted by Crippen LogP contribution is -2.00. The fraction of sp³-hybridized carbons (Fsp3) is 0.200. The van der Waals surface area contributed by atoms with Gasteiger partial charge in [0.15, 0.2) is 0 Å². The molecule has 0 radical (unpaired) electrons. The summed E-state index contributed by atoms with van der Waals surface area (Å²) >= 11 is 0. The maximum atomic E-state index is 8.78. The van der Waals surface area contributed by atoms with Gasteiger partial charge in [0.05, 0.1) is 18.1 Å². The van der Waals surface area contributed by atoms with Crippen LogP contribution in [0.2, 0.25) is 0 Å². The largest absolute Gasteiger partial charge is 0.397 e. The van der Waals surface area contributed by atoms with Crippen LogP contribution < -0.4 is 5.73 Å². The van der Waals surface area contributed by atoms with Gasteiger partial charge in [0, 0.05) is 19.0 Å². The first kappa shape index (κ1) is 9.67. The zero-order valence-electron chi connectivity index (χ0n) is 8.17. The van der Waals surface area contributed by atoms with E-state index in [1.807, 2.05) is 6.20 Å². The number of anilines is 1. The Morgan fingerprint density at radius 2 is 2.27 bits per heavy atom. The van der Waals surface area contributed by atoms with E-state index in [0.717, 1.165) is 11.3 Å². The molecular formula is C10H12N4O. The molecule has 0 amide bonds. The standard InChI is InChI=1S/C10H12N4O/c11-9-1-3-12-6-10(9)14-7-8(2-4-15)5-13-14/h1,3,5-7,15H,2,4H2,(H2,11,12). The molecule has 0 spiro atoms. The molecule has 2 rings (SSSR count). The Morgan fingerprint density at radius 1 is 1.40 bits per heavy atom. The second-order valence-electron chi connectivity index (χ2n) is 3.20. The molecule has 78 valence electrons. The van der Waals surface area contributed by atoms with Crippen molar-refractivity contribution in [1.82, 2.24) is 14.8 Å². The van der Waals surface area contributed by atoms with Crippen LogP contribution in [-0.2, 0) is 6.42 Å². The van der Waals surface area contributed by atoms with E-state index in [0.29, 0.717) is 12.1 Å². The van der Waals surface area contributed by atoms with Crippen LogP contribution in [0.4, 0.5) is 5.69 Å². The normalized spacial score (nSPS) is 10.5. The number of pyridine rings is 1. The van der Waals surface area contributed by atoms with Crippen LogP contribution in [0.1, 0.15) is 5.56 Å². The van der Waals surface area contributed by atoms with E-state index in [1.54, 1.807) is 29.3 Å². The molecule has 0 unspecified atom stereocenters. The Balaban J connectivity index is 2.33. The van der Waals surface area contributed by atoms with Crippen LogP contribution in [-0.4, -0.2) is 26.5 Å². The maximum Gasteiger partial charge on any atom is 0.106 e. The quantitative estimate of drug-likeness (QED) is 0.758. The number of aromatic nitrogens is 3. The first-order chi connectivity index (χ1) is 7.31. The van der Waals surface area contributed by atoms with Crippen molar-refractivity contribution in [2.24, 2.45) is 0 Å². The van der Waals surface area contributed by atoms with Crippen molar-refractivity contribution in [3.05, 3.63) is 36.4 Å². The predicted octanol–water partition coefficient (Wildman–Crippen LogP) is 0.384. The lowest BCUT2D eigenvalue weighted by atomic mass is 10.3. The van der Waals surface area contributed by atoms with E-state index in [1.165, 1.54) is 0 Å². The van der Waals surface area contributed by atoms with Crippen LogP contribution in [0.3, 0.4) is 0 Å². The van der Waals surface area contributed by atoms with E-state index in [2.05, 4.69) is 10.1 Å². The molecule has 5 nitrogen and oxygen atoms in total. The van der Waals surface area contributed by atoms with Crippen molar-refractivity contribution in [2.75, 3.05) is 12.3 Å². The van der Waals surface area contributed by atoms with E-state index < -0.39 is 0 Å². The fourth-order valence-corrected chi connectivity index (χ4v) is 1.34. The highest BCUT2D eigenvalue weighted by atomic mass is 16.2. The monoisotopic (exact) mass is 204 g/mol. The van der Waals surface area contributed by atoms with E-state index in [-0.39, 0.29) is 6.61 Å². The fourth-order valence-electron chi connectivity index (χ4n) is 1.34. The number of hydrogen-bond acceptors (Lipinski definition) is 4. The molecule has 0 aliphatic carbocycles. The first-order valence-corrected chi connectivity index (χ1v) is 4.65. The van der Waals surface area contributed by atoms with Crippen molar-refractivity contribution < 1.29 is 5.11 Å². The average Bonchev–Trinajstić information content (AvgIpc) is 2.68. The summed E-state index contributed by atoms with van der Waals surface area (Å²) in [5.41, 5.74) is 8.14. The molecule has 0 aromatic carbocycles. The SMILES string of the molecule is Nc1ccncc1-n1cc(CCO)cn1. The highest BCUT2D eigenvalue weighted by Crippen LogP contribution is 2.14. The van der Waals surface area contributed by atoms with E-state index in [4.69, 9.17) is 10.8 Å². The molecule has 2 aromatic rings. The molecule has 0 aliphatic rings. The van der Waals surface area contributed by atoms with Gasteiger partial charge in [-0.05, 0) is 18.1 Å². The number of nitrogens with zero attached hydrogens (tertiary/aromatic N) is 3. The van der Waals surface area contributed by atoms with Gasteiger partial charge < -0.3 is 10.8 Å². The van der Waals surface area contributed by atoms with Crippen molar-refractivity contribution in [1.29, 1.82) is 0 Å². The summed E-state index contributed by atoms with van der Waals surface area (Å²) in [6.45, 7) is 0.119. The number of aliphatic hydroxyl groups excluding tert-OH is 1. The number of rotatable bonds is 3. The molecule has 2 aromatic heterocycles. The van der Waals surface area contributed by atoms with Crippen LogP contribution >= 0.6 is 0 Å². The molecular weight excluding hydrogens is 192 g/mol. The molecule has 0 bridgehead atoms. The third kappa shape index (κ3) is 1.97. The average molecular weight is 204 g/mol. The molecule has 3 N–H and O–H groups in total. The van der Waals surface area contributed by atoms with Crippen molar-refractivity contribution in [3.8, 4) is 5.69 Å². The summed E-state index contributed by atoms with van der Waals surface area (Å²) in [6.07, 6.45) is 7.44. The van der Waals surface area contributed by atoms with Crippen molar-refractivity contribution >= 4 is 5.69 Å². The van der Waals surface area contributed by atoms with Crippen LogP contribution in [0.5, 0.6) is 0 Å². The highest BCUT2D eigenvalue weighted by Gasteiger charge is 2.03. The number of aliphatic hydroxyl groups is 1. The second kappa shape index (κ2) is 4.10. The third-order valence-corrected chi connectivity index (χ3v) is 2.12. The molecule has 0 atom stereocenters. The van der Waals surface area contributed by atoms with Gasteiger partial charge in [0.2, 0.25) is 0 Å². The summed E-state index contributed by atoms with van der Waals surface area (Å²) in [6, 6.07) is 1.72. The molecule has 0 saturated heterocycles. The minimum atomic E-state index is 0.119. The van der Waals surface area contributed by atoms with Gasteiger partial charge in [-0.3, -0.25) is 4.98 Å². The lowest BCUT2D eigenvalue weighted by Gasteiger charge is -2.03. The summed E-state index contributed by atoms with van der Waals surface area (Å²) in [4.78, 5) is 3.99. The van der Waals surface area contributed by atoms with Gasteiger partial charge in [0.1, 0.15) is 5.69 Å². The summed E-state index contributed by atoms with van der Waals surface area (Å²) in [5, 5.41) is 12.9. The maximum absolute atomic E-state index is 8.78. The van der Waals surface area contributed by atoms with Gasteiger partial charge in [-0.2, -0.15) is 5.10 Å². The van der Waals surface area contributed by atoms with Crippen LogP contribution in [0.25, 0.3) is 5.69 Å². The predicted molar refractivity (Wildman–Crippen MR) is 56.6 cm³/mol. The van der Waals surface area contributed by atoms with Crippen LogP contribution in [0.15, 0.2) is 30.9 Å². The molecule has 2 heterocycles. The van der Waals surface area contributed by atoms with E-state index in [9.17, 15) is 0 Å². The highest BCUT2D eigenvalue weighted by molar-refractivity contribution is 5.55. The summed E-state index contributed by atoms with van der Waals surface area (Å²) in [5.74, 6) is 0. The molecule has 0 saturated carbocycles. The Hall–Kier alpha value is -1.88. The zero-order valence-corrected chi connectivity index (χ0v) is 8.17. The minimum absolute atomic E-state index is 0.119. The minimum Gasteiger partial charge on any atom is -0.397 e. The van der Waals surface area contributed by atoms with Crippen molar-refractivity contribution in [2.45, 2.75) is 6.42 Å². The molecule has 15 heavy (non-hydrogen) atoms. The summed E-state index contributed by atoms with van der Waals surface area (Å²) in [7, 11) is 0. The Bertz CT molecular complexity index is 452.